The zero-order valence-electron chi connectivity index (χ0n) is 8.83. The van der Waals surface area contributed by atoms with E-state index in [0.717, 1.165) is 0 Å². The molecule has 76 valence electrons. The quantitative estimate of drug-likeness (QED) is 0.801. The molecular weight excluding hydrogens is 184 g/mol. The third-order valence-corrected chi connectivity index (χ3v) is 3.42. The summed E-state index contributed by atoms with van der Waals surface area (Å²) >= 11 is 0. The Morgan fingerprint density at radius 2 is 2.13 bits per heavy atom. The van der Waals surface area contributed by atoms with Crippen LogP contribution in [-0.4, -0.2) is 12.0 Å². The van der Waals surface area contributed by atoms with E-state index in [1.807, 2.05) is 19.4 Å². The minimum Gasteiger partial charge on any atom is -0.310 e. The van der Waals surface area contributed by atoms with Gasteiger partial charge in [-0.1, -0.05) is 18.2 Å². The first-order valence-corrected chi connectivity index (χ1v) is 5.38. The number of aromatic nitrogens is 1. The molecule has 1 N–H and O–H groups in total. The van der Waals surface area contributed by atoms with Crippen molar-refractivity contribution >= 4 is 10.8 Å². The maximum atomic E-state index is 4.16. The first-order chi connectivity index (χ1) is 7.36. The minimum atomic E-state index is 0.237. The van der Waals surface area contributed by atoms with Crippen LogP contribution in [0.3, 0.4) is 0 Å². The Morgan fingerprint density at radius 1 is 1.27 bits per heavy atom. The first kappa shape index (κ1) is 8.86. The third kappa shape index (κ3) is 1.25. The van der Waals surface area contributed by atoms with E-state index in [4.69, 9.17) is 0 Å². The third-order valence-electron chi connectivity index (χ3n) is 3.42. The summed E-state index contributed by atoms with van der Waals surface area (Å²) in [6.07, 6.45) is 6.29. The Morgan fingerprint density at radius 3 is 2.87 bits per heavy atom. The second-order valence-electron chi connectivity index (χ2n) is 4.23. The van der Waals surface area contributed by atoms with Gasteiger partial charge in [-0.15, -0.1) is 0 Å². The summed E-state index contributed by atoms with van der Waals surface area (Å²) in [5.41, 5.74) is 1.66. The molecule has 15 heavy (non-hydrogen) atoms. The molecule has 0 unspecified atom stereocenters. The summed E-state index contributed by atoms with van der Waals surface area (Å²) in [6.45, 7) is 0. The maximum Gasteiger partial charge on any atom is 0.0440 e. The van der Waals surface area contributed by atoms with Crippen LogP contribution in [0.1, 0.15) is 18.4 Å². The molecule has 0 amide bonds. The average molecular weight is 198 g/mol. The highest BCUT2D eigenvalue weighted by Gasteiger charge is 2.43. The fourth-order valence-corrected chi connectivity index (χ4v) is 2.32. The molecule has 0 spiro atoms. The van der Waals surface area contributed by atoms with E-state index in [1.165, 1.54) is 29.2 Å². The normalized spacial score (nSPS) is 17.9. The average Bonchev–Trinajstić information content (AvgIpc) is 3.09. The van der Waals surface area contributed by atoms with Crippen LogP contribution in [0, 0.1) is 0 Å². The van der Waals surface area contributed by atoms with Crippen molar-refractivity contribution in [3.05, 3.63) is 42.2 Å². The highest BCUT2D eigenvalue weighted by Crippen LogP contribution is 2.47. The van der Waals surface area contributed by atoms with E-state index in [9.17, 15) is 0 Å². The van der Waals surface area contributed by atoms with Crippen molar-refractivity contribution in [2.45, 2.75) is 18.4 Å². The molecule has 0 bridgehead atoms. The predicted octanol–water partition coefficient (Wildman–Crippen LogP) is 2.44. The molecule has 2 nitrogen and oxygen atoms in total. The van der Waals surface area contributed by atoms with Gasteiger partial charge in [-0.05, 0) is 36.9 Å². The van der Waals surface area contributed by atoms with E-state index in [-0.39, 0.29) is 5.54 Å². The van der Waals surface area contributed by atoms with Gasteiger partial charge in [0.05, 0.1) is 0 Å². The number of fused-ring (bicyclic) bond motifs is 1. The van der Waals surface area contributed by atoms with Crippen LogP contribution in [0.5, 0.6) is 0 Å². The molecule has 1 heterocycles. The monoisotopic (exact) mass is 198 g/mol. The lowest BCUT2D eigenvalue weighted by molar-refractivity contribution is 0.590. The van der Waals surface area contributed by atoms with Crippen LogP contribution < -0.4 is 5.32 Å². The van der Waals surface area contributed by atoms with Gasteiger partial charge in [0.2, 0.25) is 0 Å². The number of nitrogens with zero attached hydrogens (tertiary/aromatic N) is 1. The molecule has 0 atom stereocenters. The number of hydrogen-bond donors (Lipinski definition) is 1. The lowest BCUT2D eigenvalue weighted by Crippen LogP contribution is -2.24. The van der Waals surface area contributed by atoms with Gasteiger partial charge >= 0.3 is 0 Å². The van der Waals surface area contributed by atoms with Crippen molar-refractivity contribution in [1.29, 1.82) is 0 Å². The first-order valence-electron chi connectivity index (χ1n) is 5.38. The molecule has 1 aliphatic carbocycles. The molecule has 2 aromatic rings. The molecule has 1 saturated carbocycles. The zero-order chi connectivity index (χ0) is 10.3. The fraction of sp³-hybridized carbons (Fsp3) is 0.308. The summed E-state index contributed by atoms with van der Waals surface area (Å²) in [6, 6.07) is 8.59. The van der Waals surface area contributed by atoms with Crippen LogP contribution in [0.15, 0.2) is 36.7 Å². The summed E-state index contributed by atoms with van der Waals surface area (Å²) in [4.78, 5) is 4.16. The molecule has 3 rings (SSSR count). The second kappa shape index (κ2) is 3.04. The summed E-state index contributed by atoms with van der Waals surface area (Å²) in [5.74, 6) is 0. The molecule has 1 aromatic carbocycles. The van der Waals surface area contributed by atoms with Crippen molar-refractivity contribution in [3.63, 3.8) is 0 Å². The molecule has 1 aromatic heterocycles. The molecule has 1 fully saturated rings. The van der Waals surface area contributed by atoms with Crippen LogP contribution in [-0.2, 0) is 5.54 Å². The van der Waals surface area contributed by atoms with E-state index >= 15 is 0 Å². The highest BCUT2D eigenvalue weighted by atomic mass is 15.0. The Balaban J connectivity index is 2.27. The Labute approximate surface area is 89.3 Å². The Hall–Kier alpha value is -1.41. The highest BCUT2D eigenvalue weighted by molar-refractivity contribution is 5.86. The van der Waals surface area contributed by atoms with Gasteiger partial charge < -0.3 is 5.32 Å². The van der Waals surface area contributed by atoms with Gasteiger partial charge in [0.15, 0.2) is 0 Å². The van der Waals surface area contributed by atoms with Crippen LogP contribution in [0.25, 0.3) is 10.8 Å². The standard InChI is InChI=1S/C13H14N2/c1-14-13(6-7-13)12-4-2-3-10-9-15-8-5-11(10)12/h2-5,8-9,14H,6-7H2,1H3. The lowest BCUT2D eigenvalue weighted by atomic mass is 9.98. The van der Waals surface area contributed by atoms with Gasteiger partial charge in [0.25, 0.3) is 0 Å². The fourth-order valence-electron chi connectivity index (χ4n) is 2.32. The number of benzene rings is 1. The molecule has 2 heteroatoms. The number of rotatable bonds is 2. The predicted molar refractivity (Wildman–Crippen MR) is 61.7 cm³/mol. The van der Waals surface area contributed by atoms with Crippen molar-refractivity contribution < 1.29 is 0 Å². The molecule has 0 aliphatic heterocycles. The van der Waals surface area contributed by atoms with E-state index in [1.54, 1.807) is 0 Å². The zero-order valence-corrected chi connectivity index (χ0v) is 8.83. The van der Waals surface area contributed by atoms with Crippen molar-refractivity contribution in [2.75, 3.05) is 7.05 Å². The van der Waals surface area contributed by atoms with Crippen molar-refractivity contribution in [1.82, 2.24) is 10.3 Å². The number of pyridine rings is 1. The molecule has 0 radical (unpaired) electrons. The summed E-state index contributed by atoms with van der Waals surface area (Å²) in [7, 11) is 2.05. The van der Waals surface area contributed by atoms with Crippen LogP contribution >= 0.6 is 0 Å². The van der Waals surface area contributed by atoms with E-state index < -0.39 is 0 Å². The van der Waals surface area contributed by atoms with E-state index in [2.05, 4.69) is 34.6 Å². The lowest BCUT2D eigenvalue weighted by Gasteiger charge is -2.16. The molecular formula is C13H14N2. The van der Waals surface area contributed by atoms with Gasteiger partial charge in [0, 0.05) is 23.3 Å². The Kier molecular flexibility index (Phi) is 1.80. The minimum absolute atomic E-state index is 0.237. The largest absolute Gasteiger partial charge is 0.310 e. The SMILES string of the molecule is CNC1(c2cccc3cnccc23)CC1. The van der Waals surface area contributed by atoms with Gasteiger partial charge in [-0.3, -0.25) is 4.98 Å². The smallest absolute Gasteiger partial charge is 0.0440 e. The molecule has 1 aliphatic rings. The molecule has 0 saturated heterocycles. The van der Waals surface area contributed by atoms with Crippen LogP contribution in [0.4, 0.5) is 0 Å². The number of nitrogens with one attached hydrogen (secondary N) is 1. The van der Waals surface area contributed by atoms with Crippen LogP contribution in [0.2, 0.25) is 0 Å². The van der Waals surface area contributed by atoms with Gasteiger partial charge in [0.1, 0.15) is 0 Å². The van der Waals surface area contributed by atoms with Gasteiger partial charge in [-0.25, -0.2) is 0 Å². The van der Waals surface area contributed by atoms with Gasteiger partial charge in [-0.2, -0.15) is 0 Å². The number of hydrogen-bond acceptors (Lipinski definition) is 2. The second-order valence-corrected chi connectivity index (χ2v) is 4.23. The van der Waals surface area contributed by atoms with Crippen molar-refractivity contribution in [3.8, 4) is 0 Å². The maximum absolute atomic E-state index is 4.16. The summed E-state index contributed by atoms with van der Waals surface area (Å²) in [5, 5.41) is 6.01. The van der Waals surface area contributed by atoms with E-state index in [0.29, 0.717) is 0 Å². The Bertz CT molecular complexity index is 495. The topological polar surface area (TPSA) is 24.9 Å². The van der Waals surface area contributed by atoms with Crippen molar-refractivity contribution in [2.24, 2.45) is 0 Å². The summed E-state index contributed by atoms with van der Waals surface area (Å²) < 4.78 is 0.